The second-order valence-electron chi connectivity index (χ2n) is 6.74. The largest absolute Gasteiger partial charge is 0.330 e. The third kappa shape index (κ3) is 3.57. The summed E-state index contributed by atoms with van der Waals surface area (Å²) in [6.07, 6.45) is 6.18. The molecule has 2 rings (SSSR count). The lowest BCUT2D eigenvalue weighted by atomic mass is 9.82. The lowest BCUT2D eigenvalue weighted by Crippen LogP contribution is -2.18. The van der Waals surface area contributed by atoms with E-state index in [-0.39, 0.29) is 0 Å². The third-order valence-corrected chi connectivity index (χ3v) is 4.69. The van der Waals surface area contributed by atoms with Crippen molar-refractivity contribution >= 4 is 0 Å². The van der Waals surface area contributed by atoms with Crippen LogP contribution in [0, 0.1) is 25.7 Å². The molecule has 3 nitrogen and oxygen atoms in total. The van der Waals surface area contributed by atoms with Crippen LogP contribution in [-0.4, -0.2) is 16.5 Å². The highest BCUT2D eigenvalue weighted by molar-refractivity contribution is 5.26. The van der Waals surface area contributed by atoms with Crippen molar-refractivity contribution in [3.05, 3.63) is 22.8 Å². The molecule has 3 unspecified atom stereocenters. The minimum Gasteiger partial charge on any atom is -0.330 e. The van der Waals surface area contributed by atoms with E-state index in [0.717, 1.165) is 36.1 Å². The van der Waals surface area contributed by atoms with Crippen LogP contribution in [0.25, 0.3) is 0 Å². The second-order valence-corrected chi connectivity index (χ2v) is 6.74. The van der Waals surface area contributed by atoms with Crippen molar-refractivity contribution in [3.8, 4) is 0 Å². The van der Waals surface area contributed by atoms with Crippen LogP contribution in [0.5, 0.6) is 0 Å². The van der Waals surface area contributed by atoms with Crippen LogP contribution in [0.15, 0.2) is 0 Å². The van der Waals surface area contributed by atoms with Crippen LogP contribution < -0.4 is 5.73 Å². The SMILES string of the molecule is Cc1nc(C2CCCC(C)C2)nc(C)c1CC(C)CN. The molecule has 20 heavy (non-hydrogen) atoms. The highest BCUT2D eigenvalue weighted by Gasteiger charge is 2.23. The molecule has 1 heterocycles. The van der Waals surface area contributed by atoms with Gasteiger partial charge in [0.1, 0.15) is 5.82 Å². The van der Waals surface area contributed by atoms with Gasteiger partial charge in [0.05, 0.1) is 0 Å². The maximum absolute atomic E-state index is 5.74. The summed E-state index contributed by atoms with van der Waals surface area (Å²) in [5, 5.41) is 0. The van der Waals surface area contributed by atoms with Gasteiger partial charge in [-0.3, -0.25) is 0 Å². The molecule has 3 atom stereocenters. The first kappa shape index (κ1) is 15.4. The molecule has 112 valence electrons. The first-order valence-electron chi connectivity index (χ1n) is 8.05. The first-order chi connectivity index (χ1) is 9.51. The van der Waals surface area contributed by atoms with Gasteiger partial charge in [-0.2, -0.15) is 0 Å². The van der Waals surface area contributed by atoms with Crippen molar-refractivity contribution < 1.29 is 0 Å². The van der Waals surface area contributed by atoms with Crippen molar-refractivity contribution in [2.45, 2.75) is 65.7 Å². The fourth-order valence-corrected chi connectivity index (χ4v) is 3.34. The minimum absolute atomic E-state index is 0.497. The average Bonchev–Trinajstić information content (AvgIpc) is 2.42. The molecule has 1 aliphatic rings. The number of nitrogens with zero attached hydrogens (tertiary/aromatic N) is 2. The van der Waals surface area contributed by atoms with Gasteiger partial charge < -0.3 is 5.73 Å². The zero-order valence-electron chi connectivity index (χ0n) is 13.4. The third-order valence-electron chi connectivity index (χ3n) is 4.69. The molecule has 1 fully saturated rings. The standard InChI is InChI=1S/C17H29N3/c1-11-6-5-7-15(8-11)17-19-13(3)16(14(4)20-17)9-12(2)10-18/h11-12,15H,5-10,18H2,1-4H3. The van der Waals surface area contributed by atoms with Crippen LogP contribution in [0.3, 0.4) is 0 Å². The molecule has 0 amide bonds. The van der Waals surface area contributed by atoms with E-state index in [0.29, 0.717) is 11.8 Å². The van der Waals surface area contributed by atoms with Crippen LogP contribution >= 0.6 is 0 Å². The summed E-state index contributed by atoms with van der Waals surface area (Å²) >= 11 is 0. The maximum Gasteiger partial charge on any atom is 0.131 e. The van der Waals surface area contributed by atoms with E-state index in [4.69, 9.17) is 15.7 Å². The Balaban J connectivity index is 2.21. The van der Waals surface area contributed by atoms with Crippen LogP contribution in [0.4, 0.5) is 0 Å². The number of nitrogens with two attached hydrogens (primary N) is 1. The molecule has 0 radical (unpaired) electrons. The monoisotopic (exact) mass is 275 g/mol. The molecule has 1 aromatic heterocycles. The summed E-state index contributed by atoms with van der Waals surface area (Å²) in [6.45, 7) is 9.52. The topological polar surface area (TPSA) is 51.8 Å². The second kappa shape index (κ2) is 6.66. The Morgan fingerprint density at radius 3 is 2.40 bits per heavy atom. The van der Waals surface area contributed by atoms with Gasteiger partial charge in [-0.15, -0.1) is 0 Å². The summed E-state index contributed by atoms with van der Waals surface area (Å²) in [7, 11) is 0. The van der Waals surface area contributed by atoms with E-state index in [1.807, 2.05) is 0 Å². The molecule has 1 aromatic rings. The van der Waals surface area contributed by atoms with Gasteiger partial charge >= 0.3 is 0 Å². The molecule has 0 saturated heterocycles. The summed E-state index contributed by atoms with van der Waals surface area (Å²) in [6, 6.07) is 0. The van der Waals surface area contributed by atoms with E-state index in [9.17, 15) is 0 Å². The molecule has 3 heteroatoms. The van der Waals surface area contributed by atoms with Crippen LogP contribution in [0.1, 0.15) is 68.2 Å². The number of aromatic nitrogens is 2. The molecule has 0 aliphatic heterocycles. The Kier molecular flexibility index (Phi) is 5.14. The predicted octanol–water partition coefficient (Wildman–Crippen LogP) is 3.52. The van der Waals surface area contributed by atoms with Gasteiger partial charge in [0, 0.05) is 17.3 Å². The molecular weight excluding hydrogens is 246 g/mol. The Morgan fingerprint density at radius 1 is 1.20 bits per heavy atom. The highest BCUT2D eigenvalue weighted by Crippen LogP contribution is 2.34. The Morgan fingerprint density at radius 2 is 1.85 bits per heavy atom. The van der Waals surface area contributed by atoms with E-state index >= 15 is 0 Å². The van der Waals surface area contributed by atoms with Crippen molar-refractivity contribution in [1.29, 1.82) is 0 Å². The summed E-state index contributed by atoms with van der Waals surface area (Å²) in [5.74, 6) is 2.96. The molecular formula is C17H29N3. The number of hydrogen-bond acceptors (Lipinski definition) is 3. The molecule has 2 N–H and O–H groups in total. The fraction of sp³-hybridized carbons (Fsp3) is 0.765. The van der Waals surface area contributed by atoms with Gasteiger partial charge in [0.2, 0.25) is 0 Å². The van der Waals surface area contributed by atoms with Crippen LogP contribution in [0.2, 0.25) is 0 Å². The number of rotatable bonds is 4. The van der Waals surface area contributed by atoms with Crippen molar-refractivity contribution in [2.24, 2.45) is 17.6 Å². The summed E-state index contributed by atoms with van der Waals surface area (Å²) in [5.41, 5.74) is 9.36. The zero-order chi connectivity index (χ0) is 14.7. The number of aryl methyl sites for hydroxylation is 2. The van der Waals surface area contributed by atoms with E-state index < -0.39 is 0 Å². The molecule has 0 spiro atoms. The van der Waals surface area contributed by atoms with Gasteiger partial charge in [-0.05, 0) is 57.1 Å². The lowest BCUT2D eigenvalue weighted by molar-refractivity contribution is 0.334. The lowest BCUT2D eigenvalue weighted by Gasteiger charge is -2.26. The molecule has 0 bridgehead atoms. The quantitative estimate of drug-likeness (QED) is 0.914. The van der Waals surface area contributed by atoms with Crippen molar-refractivity contribution in [1.82, 2.24) is 9.97 Å². The molecule has 1 aliphatic carbocycles. The van der Waals surface area contributed by atoms with E-state index in [2.05, 4.69) is 27.7 Å². The Bertz CT molecular complexity index is 433. The Hall–Kier alpha value is -0.960. The summed E-state index contributed by atoms with van der Waals surface area (Å²) < 4.78 is 0. The Labute approximate surface area is 123 Å². The predicted molar refractivity (Wildman–Crippen MR) is 83.8 cm³/mol. The summed E-state index contributed by atoms with van der Waals surface area (Å²) in [4.78, 5) is 9.66. The zero-order valence-corrected chi connectivity index (χ0v) is 13.4. The van der Waals surface area contributed by atoms with Crippen molar-refractivity contribution in [3.63, 3.8) is 0 Å². The highest BCUT2D eigenvalue weighted by atomic mass is 14.9. The van der Waals surface area contributed by atoms with E-state index in [1.165, 1.54) is 31.2 Å². The van der Waals surface area contributed by atoms with Gasteiger partial charge in [-0.25, -0.2) is 9.97 Å². The maximum atomic E-state index is 5.74. The molecule has 1 saturated carbocycles. The minimum atomic E-state index is 0.497. The van der Waals surface area contributed by atoms with Gasteiger partial charge in [0.15, 0.2) is 0 Å². The van der Waals surface area contributed by atoms with Crippen molar-refractivity contribution in [2.75, 3.05) is 6.54 Å². The molecule has 0 aromatic carbocycles. The van der Waals surface area contributed by atoms with E-state index in [1.54, 1.807) is 0 Å². The average molecular weight is 275 g/mol. The number of hydrogen-bond donors (Lipinski definition) is 1. The van der Waals surface area contributed by atoms with Crippen LogP contribution in [-0.2, 0) is 6.42 Å². The first-order valence-corrected chi connectivity index (χ1v) is 8.05. The fourth-order valence-electron chi connectivity index (χ4n) is 3.34. The normalized spacial score (nSPS) is 24.6. The smallest absolute Gasteiger partial charge is 0.131 e. The van der Waals surface area contributed by atoms with Gasteiger partial charge in [-0.1, -0.05) is 26.7 Å². The van der Waals surface area contributed by atoms with Gasteiger partial charge in [0.25, 0.3) is 0 Å².